The van der Waals surface area contributed by atoms with E-state index in [1.165, 1.54) is 17.4 Å². The Bertz CT molecular complexity index is 701. The number of aromatic nitrogens is 2. The first-order valence-corrected chi connectivity index (χ1v) is 10.5. The molecule has 1 amide bonds. The van der Waals surface area contributed by atoms with Crippen LogP contribution in [0.25, 0.3) is 0 Å². The molecule has 2 heterocycles. The van der Waals surface area contributed by atoms with Gasteiger partial charge < -0.3 is 14.7 Å². The summed E-state index contributed by atoms with van der Waals surface area (Å²) in [5.41, 5.74) is 1.30. The zero-order valence-electron chi connectivity index (χ0n) is 15.8. The molecule has 0 atom stereocenters. The fraction of sp³-hybridized carbons (Fsp3) is 0.526. The Morgan fingerprint density at radius 1 is 1.22 bits per heavy atom. The molecule has 1 aliphatic heterocycles. The second kappa shape index (κ2) is 10.3. The first-order valence-electron chi connectivity index (χ1n) is 9.37. The van der Waals surface area contributed by atoms with Crippen LogP contribution in [0.3, 0.4) is 0 Å². The molecular formula is C19H27N5O2S. The third-order valence-corrected chi connectivity index (χ3v) is 5.43. The van der Waals surface area contributed by atoms with Crippen molar-refractivity contribution in [2.45, 2.75) is 19.1 Å². The standard InChI is InChI=1S/C19H27N5O2S/c1-16-21-18(22-26-16)14-27-15-19(25)20-8-5-9-23-10-12-24(13-11-23)17-6-3-2-4-7-17/h2-4,6-7H,5,8-15H2,1H3,(H,20,25). The zero-order chi connectivity index (χ0) is 18.9. The number of carbonyl (C=O) groups is 1. The van der Waals surface area contributed by atoms with Crippen LogP contribution in [-0.4, -0.2) is 66.0 Å². The molecule has 1 saturated heterocycles. The van der Waals surface area contributed by atoms with Crippen LogP contribution < -0.4 is 10.2 Å². The van der Waals surface area contributed by atoms with Gasteiger partial charge in [-0.15, -0.1) is 11.8 Å². The van der Waals surface area contributed by atoms with Gasteiger partial charge in [-0.25, -0.2) is 0 Å². The normalized spacial score (nSPS) is 15.1. The van der Waals surface area contributed by atoms with Crippen LogP contribution in [0.2, 0.25) is 0 Å². The van der Waals surface area contributed by atoms with Crippen LogP contribution in [0.1, 0.15) is 18.1 Å². The molecule has 1 aromatic heterocycles. The number of hydrogen-bond acceptors (Lipinski definition) is 7. The van der Waals surface area contributed by atoms with Gasteiger partial charge in [0.25, 0.3) is 0 Å². The summed E-state index contributed by atoms with van der Waals surface area (Å²) in [6, 6.07) is 10.6. The minimum Gasteiger partial charge on any atom is -0.369 e. The predicted molar refractivity (Wildman–Crippen MR) is 108 cm³/mol. The number of amides is 1. The summed E-state index contributed by atoms with van der Waals surface area (Å²) >= 11 is 1.50. The first kappa shape index (κ1) is 19.7. The maximum absolute atomic E-state index is 11.9. The summed E-state index contributed by atoms with van der Waals surface area (Å²) in [5, 5.41) is 6.80. The predicted octanol–water partition coefficient (Wildman–Crippen LogP) is 1.94. The van der Waals surface area contributed by atoms with Crippen molar-refractivity contribution in [3.05, 3.63) is 42.0 Å². The number of benzene rings is 1. The summed E-state index contributed by atoms with van der Waals surface area (Å²) in [4.78, 5) is 20.9. The lowest BCUT2D eigenvalue weighted by Crippen LogP contribution is -2.47. The lowest BCUT2D eigenvalue weighted by molar-refractivity contribution is -0.118. The van der Waals surface area contributed by atoms with E-state index >= 15 is 0 Å². The van der Waals surface area contributed by atoms with E-state index in [4.69, 9.17) is 4.52 Å². The quantitative estimate of drug-likeness (QED) is 0.657. The van der Waals surface area contributed by atoms with Gasteiger partial charge in [0.1, 0.15) is 0 Å². The van der Waals surface area contributed by atoms with Crippen molar-refractivity contribution in [3.8, 4) is 0 Å². The summed E-state index contributed by atoms with van der Waals surface area (Å²) < 4.78 is 4.91. The van der Waals surface area contributed by atoms with E-state index in [1.54, 1.807) is 6.92 Å². The van der Waals surface area contributed by atoms with Crippen LogP contribution in [0, 0.1) is 6.92 Å². The SMILES string of the molecule is Cc1nc(CSCC(=O)NCCCN2CCN(c3ccccc3)CC2)no1. The highest BCUT2D eigenvalue weighted by atomic mass is 32.2. The van der Waals surface area contributed by atoms with Crippen LogP contribution >= 0.6 is 11.8 Å². The van der Waals surface area contributed by atoms with Gasteiger partial charge in [-0.05, 0) is 25.1 Å². The number of nitrogens with one attached hydrogen (secondary N) is 1. The summed E-state index contributed by atoms with van der Waals surface area (Å²) in [7, 11) is 0. The van der Waals surface area contributed by atoms with Crippen molar-refractivity contribution in [3.63, 3.8) is 0 Å². The lowest BCUT2D eigenvalue weighted by atomic mass is 10.2. The molecule has 146 valence electrons. The van der Waals surface area contributed by atoms with E-state index in [0.717, 1.165) is 45.7 Å². The van der Waals surface area contributed by atoms with Crippen molar-refractivity contribution in [1.82, 2.24) is 20.4 Å². The Morgan fingerprint density at radius 2 is 2.00 bits per heavy atom. The average molecular weight is 390 g/mol. The van der Waals surface area contributed by atoms with E-state index in [2.05, 4.69) is 55.6 Å². The van der Waals surface area contributed by atoms with E-state index in [-0.39, 0.29) is 5.91 Å². The van der Waals surface area contributed by atoms with Crippen LogP contribution in [0.15, 0.2) is 34.9 Å². The number of anilines is 1. The minimum absolute atomic E-state index is 0.0640. The molecule has 8 heteroatoms. The number of hydrogen-bond donors (Lipinski definition) is 1. The molecule has 0 saturated carbocycles. The molecule has 1 aliphatic rings. The third-order valence-electron chi connectivity index (χ3n) is 4.50. The van der Waals surface area contributed by atoms with Gasteiger partial charge in [-0.1, -0.05) is 23.4 Å². The molecule has 1 aromatic carbocycles. The monoisotopic (exact) mass is 389 g/mol. The van der Waals surface area contributed by atoms with Gasteiger partial charge in [0.15, 0.2) is 5.82 Å². The number of piperazine rings is 1. The highest BCUT2D eigenvalue weighted by Gasteiger charge is 2.16. The van der Waals surface area contributed by atoms with Gasteiger partial charge in [-0.3, -0.25) is 9.69 Å². The summed E-state index contributed by atoms with van der Waals surface area (Å²) in [5.74, 6) is 2.27. The Kier molecular flexibility index (Phi) is 7.53. The van der Waals surface area contributed by atoms with Gasteiger partial charge in [0.05, 0.1) is 11.5 Å². The lowest BCUT2D eigenvalue weighted by Gasteiger charge is -2.36. The van der Waals surface area contributed by atoms with Crippen molar-refractivity contribution >= 4 is 23.4 Å². The fourth-order valence-corrected chi connectivity index (χ4v) is 3.77. The van der Waals surface area contributed by atoms with Gasteiger partial charge in [0.2, 0.25) is 11.8 Å². The first-order chi connectivity index (χ1) is 13.2. The van der Waals surface area contributed by atoms with E-state index in [0.29, 0.717) is 23.2 Å². The van der Waals surface area contributed by atoms with Crippen molar-refractivity contribution in [2.75, 3.05) is 49.9 Å². The number of rotatable bonds is 9. The second-order valence-corrected chi connectivity index (χ2v) is 7.58. The van der Waals surface area contributed by atoms with Gasteiger partial charge in [0, 0.05) is 45.3 Å². The van der Waals surface area contributed by atoms with Gasteiger partial charge >= 0.3 is 0 Å². The van der Waals surface area contributed by atoms with E-state index in [1.807, 2.05) is 0 Å². The molecule has 0 unspecified atom stereocenters. The summed E-state index contributed by atoms with van der Waals surface area (Å²) in [6.07, 6.45) is 0.978. The maximum Gasteiger partial charge on any atom is 0.230 e. The third kappa shape index (κ3) is 6.55. The Balaban J connectivity index is 1.22. The van der Waals surface area contributed by atoms with Crippen LogP contribution in [0.5, 0.6) is 0 Å². The molecular weight excluding hydrogens is 362 g/mol. The number of carbonyl (C=O) groups excluding carboxylic acids is 1. The molecule has 27 heavy (non-hydrogen) atoms. The number of para-hydroxylation sites is 1. The average Bonchev–Trinajstić information content (AvgIpc) is 3.11. The molecule has 2 aromatic rings. The molecule has 0 spiro atoms. The Hall–Kier alpha value is -2.06. The zero-order valence-corrected chi connectivity index (χ0v) is 16.6. The van der Waals surface area contributed by atoms with Crippen LogP contribution in [-0.2, 0) is 10.5 Å². The second-order valence-electron chi connectivity index (χ2n) is 6.59. The van der Waals surface area contributed by atoms with Crippen molar-refractivity contribution in [1.29, 1.82) is 0 Å². The molecule has 1 N–H and O–H groups in total. The summed E-state index contributed by atoms with van der Waals surface area (Å²) in [6.45, 7) is 7.77. The molecule has 3 rings (SSSR count). The van der Waals surface area contributed by atoms with E-state index in [9.17, 15) is 4.79 Å². The Labute approximate surface area is 164 Å². The van der Waals surface area contributed by atoms with Crippen molar-refractivity contribution in [2.24, 2.45) is 0 Å². The molecule has 7 nitrogen and oxygen atoms in total. The molecule has 0 radical (unpaired) electrons. The highest BCUT2D eigenvalue weighted by Crippen LogP contribution is 2.15. The fourth-order valence-electron chi connectivity index (χ4n) is 3.08. The topological polar surface area (TPSA) is 74.5 Å². The number of thioether (sulfide) groups is 1. The molecule has 1 fully saturated rings. The van der Waals surface area contributed by atoms with E-state index < -0.39 is 0 Å². The van der Waals surface area contributed by atoms with Crippen LogP contribution in [0.4, 0.5) is 5.69 Å². The smallest absolute Gasteiger partial charge is 0.230 e. The van der Waals surface area contributed by atoms with Gasteiger partial charge in [-0.2, -0.15) is 4.98 Å². The molecule has 0 aliphatic carbocycles. The highest BCUT2D eigenvalue weighted by molar-refractivity contribution is 7.99. The Morgan fingerprint density at radius 3 is 2.70 bits per heavy atom. The largest absolute Gasteiger partial charge is 0.369 e. The number of nitrogens with zero attached hydrogens (tertiary/aromatic N) is 4. The molecule has 0 bridgehead atoms. The maximum atomic E-state index is 11.9. The van der Waals surface area contributed by atoms with Crippen molar-refractivity contribution < 1.29 is 9.32 Å². The number of aryl methyl sites for hydroxylation is 1. The minimum atomic E-state index is 0.0640.